The lowest BCUT2D eigenvalue weighted by Crippen LogP contribution is -2.37. The average molecular weight is 756 g/mol. The molecule has 284 valence electrons. The largest absolute Gasteiger partial charge is 0.488 e. The van der Waals surface area contributed by atoms with Crippen molar-refractivity contribution in [1.29, 1.82) is 5.26 Å². The highest BCUT2D eigenvalue weighted by Crippen LogP contribution is 2.39. The molecule has 2 aliphatic heterocycles. The number of carboxylic acids is 1. The molecule has 2 aliphatic rings. The summed E-state index contributed by atoms with van der Waals surface area (Å²) in [7, 11) is 0. The number of piperidine rings is 1. The van der Waals surface area contributed by atoms with Crippen LogP contribution in [-0.4, -0.2) is 77.6 Å². The van der Waals surface area contributed by atoms with Gasteiger partial charge in [0.05, 0.1) is 10.6 Å². The van der Waals surface area contributed by atoms with Crippen molar-refractivity contribution in [3.8, 4) is 28.7 Å². The number of ether oxygens (including phenoxy) is 2. The van der Waals surface area contributed by atoms with E-state index in [1.165, 1.54) is 23.0 Å². The van der Waals surface area contributed by atoms with Crippen LogP contribution >= 0.6 is 11.6 Å². The number of carboxylic acid groups (broad SMARTS) is 1. The predicted molar refractivity (Wildman–Crippen MR) is 207 cm³/mol. The molecule has 0 spiro atoms. The van der Waals surface area contributed by atoms with E-state index in [2.05, 4.69) is 57.4 Å². The van der Waals surface area contributed by atoms with E-state index in [4.69, 9.17) is 21.1 Å². The van der Waals surface area contributed by atoms with Crippen LogP contribution in [-0.2, 0) is 31.0 Å². The lowest BCUT2D eigenvalue weighted by Gasteiger charge is -2.29. The van der Waals surface area contributed by atoms with Gasteiger partial charge in [0, 0.05) is 74.6 Å². The molecule has 1 saturated heterocycles. The van der Waals surface area contributed by atoms with Crippen molar-refractivity contribution in [2.24, 2.45) is 0 Å². The Kier molecular flexibility index (Phi) is 13.4. The first-order valence-corrected chi connectivity index (χ1v) is 18.9. The summed E-state index contributed by atoms with van der Waals surface area (Å²) in [5, 5.41) is 31.5. The zero-order valence-electron chi connectivity index (χ0n) is 30.6. The summed E-state index contributed by atoms with van der Waals surface area (Å²) in [5.74, 6) is -0.244. The van der Waals surface area contributed by atoms with Crippen LogP contribution in [0.25, 0.3) is 11.1 Å². The highest BCUT2D eigenvalue weighted by molar-refractivity contribution is 6.32. The number of halogens is 2. The Morgan fingerprint density at radius 1 is 1.04 bits per heavy atom. The number of carbonyl (C=O) groups is 1. The van der Waals surface area contributed by atoms with Crippen LogP contribution in [0.3, 0.4) is 0 Å². The average Bonchev–Trinajstić information content (AvgIpc) is 3.60. The Hall–Kier alpha value is -4.73. The summed E-state index contributed by atoms with van der Waals surface area (Å²) in [6.07, 6.45) is 5.80. The number of aliphatic hydroxyl groups excluding tert-OH is 1. The molecule has 3 N–H and O–H groups in total. The molecule has 4 aromatic rings. The smallest absolute Gasteiger partial charge is 0.320 e. The van der Waals surface area contributed by atoms with Gasteiger partial charge in [0.25, 0.3) is 0 Å². The van der Waals surface area contributed by atoms with Gasteiger partial charge in [-0.25, -0.2) is 4.39 Å². The normalized spacial score (nSPS) is 15.1. The number of aromatic nitrogens is 1. The number of rotatable bonds is 17. The molecule has 0 bridgehead atoms. The van der Waals surface area contributed by atoms with Crippen molar-refractivity contribution in [2.75, 3.05) is 44.2 Å². The van der Waals surface area contributed by atoms with Gasteiger partial charge in [0.15, 0.2) is 0 Å². The number of benzene rings is 3. The fourth-order valence-corrected chi connectivity index (χ4v) is 7.55. The van der Waals surface area contributed by atoms with Gasteiger partial charge in [-0.1, -0.05) is 41.9 Å². The van der Waals surface area contributed by atoms with Gasteiger partial charge >= 0.3 is 5.97 Å². The highest BCUT2D eigenvalue weighted by atomic mass is 35.5. The maximum absolute atomic E-state index is 13.6. The highest BCUT2D eigenvalue weighted by Gasteiger charge is 2.24. The van der Waals surface area contributed by atoms with Crippen molar-refractivity contribution in [2.45, 2.75) is 71.0 Å². The summed E-state index contributed by atoms with van der Waals surface area (Å²) in [5.41, 5.74) is 8.84. The van der Waals surface area contributed by atoms with Crippen LogP contribution in [0.1, 0.15) is 59.1 Å². The molecule has 1 aromatic heterocycles. The molecule has 6 rings (SSSR count). The molecule has 3 heterocycles. The Labute approximate surface area is 321 Å². The minimum absolute atomic E-state index is 0.0399. The minimum atomic E-state index is -1.07. The third-order valence-corrected chi connectivity index (χ3v) is 10.6. The van der Waals surface area contributed by atoms with Crippen LogP contribution in [0.15, 0.2) is 67.0 Å². The number of hydrogen-bond acceptors (Lipinski definition) is 9. The van der Waals surface area contributed by atoms with E-state index in [9.17, 15) is 24.7 Å². The monoisotopic (exact) mass is 755 g/mol. The molecule has 0 radical (unpaired) electrons. The van der Waals surface area contributed by atoms with Crippen LogP contribution in [0.5, 0.6) is 11.5 Å². The quantitative estimate of drug-likeness (QED) is 0.105. The molecule has 0 saturated carbocycles. The molecule has 1 fully saturated rings. The van der Waals surface area contributed by atoms with Crippen molar-refractivity contribution >= 4 is 23.3 Å². The number of likely N-dealkylation sites (tertiary alicyclic amines) is 1. The van der Waals surface area contributed by atoms with Gasteiger partial charge in [-0.2, -0.15) is 5.26 Å². The van der Waals surface area contributed by atoms with E-state index in [1.807, 2.05) is 12.1 Å². The topological polar surface area (TPSA) is 131 Å². The molecule has 54 heavy (non-hydrogen) atoms. The molecule has 0 amide bonds. The maximum atomic E-state index is 13.6. The van der Waals surface area contributed by atoms with E-state index in [-0.39, 0.29) is 32.8 Å². The summed E-state index contributed by atoms with van der Waals surface area (Å²) in [4.78, 5) is 20.7. The van der Waals surface area contributed by atoms with Crippen LogP contribution < -0.4 is 19.7 Å². The van der Waals surface area contributed by atoms with Gasteiger partial charge in [0.1, 0.15) is 43.0 Å². The van der Waals surface area contributed by atoms with Crippen molar-refractivity contribution in [1.82, 2.24) is 15.2 Å². The van der Waals surface area contributed by atoms with Crippen LogP contribution in [0.2, 0.25) is 5.02 Å². The number of alkyl halides is 1. The number of nitrogens with zero attached hydrogens (tertiary/aromatic N) is 4. The fourth-order valence-electron chi connectivity index (χ4n) is 7.31. The second-order valence-corrected chi connectivity index (χ2v) is 14.4. The van der Waals surface area contributed by atoms with Crippen molar-refractivity contribution < 1.29 is 28.9 Å². The number of aliphatic hydroxyl groups is 1. The third-order valence-electron chi connectivity index (χ3n) is 10.4. The molecule has 12 heteroatoms. The number of anilines is 1. The SMILES string of the molecule is Cc1c(COc2cc(OCc3cncc(C#N)c3)c(CN[C@@H](CCO)C(=O)O)cc2Cl)cccc1-c1cccc2c1CCN2CCCN1CCC(F)CC1. The van der Waals surface area contributed by atoms with E-state index in [0.29, 0.717) is 46.1 Å². The first-order chi connectivity index (χ1) is 26.2. The summed E-state index contributed by atoms with van der Waals surface area (Å²) < 4.78 is 26.1. The van der Waals surface area contributed by atoms with Crippen molar-refractivity contribution in [3.63, 3.8) is 0 Å². The molecule has 0 unspecified atom stereocenters. The predicted octanol–water partition coefficient (Wildman–Crippen LogP) is 6.85. The molecular weight excluding hydrogens is 709 g/mol. The second-order valence-electron chi connectivity index (χ2n) is 13.9. The minimum Gasteiger partial charge on any atom is -0.488 e. The van der Waals surface area contributed by atoms with Gasteiger partial charge in [-0.3, -0.25) is 9.78 Å². The van der Waals surface area contributed by atoms with E-state index < -0.39 is 18.2 Å². The standard InChI is InChI=1S/C42H47ClFN5O5/c1-28-31(5-2-6-34(28)35-7-3-8-39-36(35)11-17-49(39)14-4-13-48-15-9-33(44)10-16-48)27-54-41-21-40(53-26-30-19-29(22-45)23-46-24-30)32(20-37(41)43)25-47-38(12-18-50)42(51)52/h2-3,5-8,19-21,23-24,33,38,47,50H,4,9-18,25-27H2,1H3,(H,51,52)/t38-/m0/s1. The Morgan fingerprint density at radius 2 is 1.81 bits per heavy atom. The Morgan fingerprint density at radius 3 is 2.59 bits per heavy atom. The Bertz CT molecular complexity index is 1960. The number of nitrogens with one attached hydrogen (secondary N) is 1. The first-order valence-electron chi connectivity index (χ1n) is 18.5. The van der Waals surface area contributed by atoms with Gasteiger partial charge < -0.3 is 34.8 Å². The number of pyridine rings is 1. The second kappa shape index (κ2) is 18.5. The molecular formula is C42H47ClFN5O5. The van der Waals surface area contributed by atoms with Gasteiger partial charge in [-0.15, -0.1) is 0 Å². The number of nitriles is 1. The zero-order valence-corrected chi connectivity index (χ0v) is 31.3. The lowest BCUT2D eigenvalue weighted by molar-refractivity contribution is -0.140. The number of aliphatic carboxylic acids is 1. The van der Waals surface area contributed by atoms with Crippen molar-refractivity contribution in [3.05, 3.63) is 105 Å². The van der Waals surface area contributed by atoms with Gasteiger partial charge in [0.2, 0.25) is 0 Å². The zero-order chi connectivity index (χ0) is 38.0. The van der Waals surface area contributed by atoms with Crippen LogP contribution in [0.4, 0.5) is 10.1 Å². The first kappa shape index (κ1) is 39.0. The van der Waals surface area contributed by atoms with E-state index in [0.717, 1.165) is 62.3 Å². The summed E-state index contributed by atoms with van der Waals surface area (Å²) in [6.45, 7) is 6.96. The number of hydrogen-bond donors (Lipinski definition) is 3. The maximum Gasteiger partial charge on any atom is 0.320 e. The van der Waals surface area contributed by atoms with E-state index >= 15 is 0 Å². The van der Waals surface area contributed by atoms with Crippen LogP contribution in [0, 0.1) is 18.3 Å². The third kappa shape index (κ3) is 9.68. The lowest BCUT2D eigenvalue weighted by atomic mass is 9.92. The van der Waals surface area contributed by atoms with Gasteiger partial charge in [-0.05, 0) is 91.6 Å². The fraction of sp³-hybridized carbons (Fsp3) is 0.405. The molecule has 3 aromatic carbocycles. The summed E-state index contributed by atoms with van der Waals surface area (Å²) >= 11 is 6.76. The molecule has 10 nitrogen and oxygen atoms in total. The number of fused-ring (bicyclic) bond motifs is 1. The summed E-state index contributed by atoms with van der Waals surface area (Å²) in [6, 6.07) is 19.0. The Balaban J connectivity index is 1.17. The molecule has 1 atom stereocenters. The van der Waals surface area contributed by atoms with E-state index in [1.54, 1.807) is 24.4 Å². The molecule has 0 aliphatic carbocycles.